The van der Waals surface area contributed by atoms with Crippen molar-refractivity contribution in [3.63, 3.8) is 0 Å². The Morgan fingerprint density at radius 1 is 1.03 bits per heavy atom. The molecule has 1 N–H and O–H groups in total. The Morgan fingerprint density at radius 3 is 2.53 bits per heavy atom. The number of para-hydroxylation sites is 1. The molecule has 10 heteroatoms. The van der Waals surface area contributed by atoms with E-state index in [2.05, 4.69) is 5.32 Å². The summed E-state index contributed by atoms with van der Waals surface area (Å²) in [5.41, 5.74) is 3.10. The number of nitrogens with zero attached hydrogens (tertiary/aromatic N) is 2. The summed E-state index contributed by atoms with van der Waals surface area (Å²) in [6.07, 6.45) is 5.54. The molecule has 0 unspecified atom stereocenters. The second-order valence-electron chi connectivity index (χ2n) is 8.48. The summed E-state index contributed by atoms with van der Waals surface area (Å²) in [5.74, 6) is -0.945. The molecule has 3 aromatic carbocycles. The fourth-order valence-corrected chi connectivity index (χ4v) is 6.00. The Bertz CT molecular complexity index is 1600. The first-order valence-electron chi connectivity index (χ1n) is 11.5. The number of benzene rings is 3. The molecule has 192 valence electrons. The lowest BCUT2D eigenvalue weighted by atomic mass is 10.1. The molecule has 38 heavy (non-hydrogen) atoms. The van der Waals surface area contributed by atoms with Crippen molar-refractivity contribution < 1.29 is 14.4 Å². The Kier molecular flexibility index (Phi) is 7.85. The van der Waals surface area contributed by atoms with Gasteiger partial charge in [-0.1, -0.05) is 53.5 Å². The van der Waals surface area contributed by atoms with E-state index < -0.39 is 17.1 Å². The second-order valence-corrected chi connectivity index (χ2v) is 11.2. The number of hydrogen-bond acceptors (Lipinski definition) is 5. The van der Waals surface area contributed by atoms with Crippen LogP contribution in [0.5, 0.6) is 0 Å². The van der Waals surface area contributed by atoms with Crippen molar-refractivity contribution in [1.82, 2.24) is 9.47 Å². The van der Waals surface area contributed by atoms with Crippen LogP contribution in [0.1, 0.15) is 11.1 Å². The van der Waals surface area contributed by atoms with Crippen molar-refractivity contribution in [2.24, 2.45) is 0 Å². The van der Waals surface area contributed by atoms with Crippen LogP contribution >= 0.6 is 46.7 Å². The molecule has 0 aliphatic carbocycles. The van der Waals surface area contributed by atoms with Crippen molar-refractivity contribution in [3.05, 3.63) is 99.0 Å². The molecule has 0 bridgehead atoms. The number of hydrogen-bond donors (Lipinski definition) is 1. The second kappa shape index (κ2) is 11.3. The molecule has 0 radical (unpaired) electrons. The number of rotatable bonds is 7. The van der Waals surface area contributed by atoms with E-state index in [9.17, 15) is 14.4 Å². The van der Waals surface area contributed by atoms with E-state index in [0.29, 0.717) is 22.3 Å². The number of halogens is 2. The van der Waals surface area contributed by atoms with Crippen LogP contribution in [0.3, 0.4) is 0 Å². The first-order chi connectivity index (χ1) is 18.3. The number of thioether (sulfide) groups is 2. The molecule has 1 aromatic heterocycles. The lowest BCUT2D eigenvalue weighted by Gasteiger charge is -2.12. The lowest BCUT2D eigenvalue weighted by Crippen LogP contribution is -2.36. The first kappa shape index (κ1) is 26.4. The number of carbonyl (C=O) groups excluding carboxylic acids is 3. The van der Waals surface area contributed by atoms with Gasteiger partial charge in [0.15, 0.2) is 0 Å². The van der Waals surface area contributed by atoms with Crippen LogP contribution in [0.4, 0.5) is 10.5 Å². The van der Waals surface area contributed by atoms with Crippen molar-refractivity contribution in [3.8, 4) is 0 Å². The van der Waals surface area contributed by atoms with E-state index in [1.54, 1.807) is 42.1 Å². The molecule has 3 amide bonds. The van der Waals surface area contributed by atoms with Crippen LogP contribution in [-0.2, 0) is 16.1 Å². The summed E-state index contributed by atoms with van der Waals surface area (Å²) >= 11 is 15.2. The van der Waals surface area contributed by atoms with Crippen molar-refractivity contribution >= 4 is 86.4 Å². The van der Waals surface area contributed by atoms with E-state index in [1.165, 1.54) is 0 Å². The smallest absolute Gasteiger partial charge is 0.294 e. The topological polar surface area (TPSA) is 71.4 Å². The average Bonchev–Trinajstić information content (AvgIpc) is 3.38. The van der Waals surface area contributed by atoms with E-state index in [0.717, 1.165) is 43.6 Å². The molecule has 6 nitrogen and oxygen atoms in total. The van der Waals surface area contributed by atoms with Gasteiger partial charge < -0.3 is 9.88 Å². The molecule has 1 saturated heterocycles. The van der Waals surface area contributed by atoms with E-state index in [4.69, 9.17) is 23.2 Å². The number of anilines is 1. The van der Waals surface area contributed by atoms with Gasteiger partial charge in [0.05, 0.1) is 11.4 Å². The molecular formula is C28H21Cl2N3O3S2. The van der Waals surface area contributed by atoms with Crippen LogP contribution in [0.2, 0.25) is 10.0 Å². The monoisotopic (exact) mass is 581 g/mol. The zero-order valence-corrected chi connectivity index (χ0v) is 23.3. The fraction of sp³-hybridized carbons (Fsp3) is 0.107. The Hall–Kier alpha value is -3.17. The minimum Gasteiger partial charge on any atom is -0.342 e. The molecule has 5 rings (SSSR count). The summed E-state index contributed by atoms with van der Waals surface area (Å²) in [5, 5.41) is 4.31. The Balaban J connectivity index is 1.38. The minimum absolute atomic E-state index is 0.255. The molecule has 1 aliphatic heterocycles. The van der Waals surface area contributed by atoms with Crippen LogP contribution in [-0.4, -0.2) is 39.3 Å². The number of nitrogens with one attached hydrogen (secondary N) is 1. The summed E-state index contributed by atoms with van der Waals surface area (Å²) < 4.78 is 2.01. The van der Waals surface area contributed by atoms with E-state index in [-0.39, 0.29) is 11.4 Å². The minimum atomic E-state index is -0.501. The predicted molar refractivity (Wildman–Crippen MR) is 157 cm³/mol. The average molecular weight is 583 g/mol. The molecular weight excluding hydrogens is 561 g/mol. The van der Waals surface area contributed by atoms with E-state index >= 15 is 0 Å². The maximum atomic E-state index is 13.1. The fourth-order valence-electron chi connectivity index (χ4n) is 4.20. The highest BCUT2D eigenvalue weighted by Gasteiger charge is 2.36. The molecule has 1 aliphatic rings. The van der Waals surface area contributed by atoms with E-state index in [1.807, 2.05) is 59.5 Å². The predicted octanol–water partition coefficient (Wildman–Crippen LogP) is 7.39. The number of aromatic nitrogens is 1. The van der Waals surface area contributed by atoms with Crippen molar-refractivity contribution in [2.75, 3.05) is 18.1 Å². The third-order valence-corrected chi connectivity index (χ3v) is 8.37. The van der Waals surface area contributed by atoms with Crippen LogP contribution < -0.4 is 5.32 Å². The highest BCUT2D eigenvalue weighted by Crippen LogP contribution is 2.35. The molecule has 0 atom stereocenters. The van der Waals surface area contributed by atoms with Gasteiger partial charge in [0, 0.05) is 48.9 Å². The third-order valence-electron chi connectivity index (χ3n) is 6.02. The Labute approximate surface area is 238 Å². The maximum absolute atomic E-state index is 13.1. The zero-order valence-electron chi connectivity index (χ0n) is 20.1. The van der Waals surface area contributed by atoms with Gasteiger partial charge in [-0.2, -0.15) is 0 Å². The van der Waals surface area contributed by atoms with Crippen molar-refractivity contribution in [1.29, 1.82) is 0 Å². The largest absolute Gasteiger partial charge is 0.342 e. The normalized spacial score (nSPS) is 14.6. The van der Waals surface area contributed by atoms with Gasteiger partial charge in [0.2, 0.25) is 5.91 Å². The summed E-state index contributed by atoms with van der Waals surface area (Å²) in [4.78, 5) is 40.6. The van der Waals surface area contributed by atoms with Gasteiger partial charge in [-0.3, -0.25) is 19.3 Å². The van der Waals surface area contributed by atoms with Gasteiger partial charge in [0.25, 0.3) is 11.1 Å². The molecule has 2 heterocycles. The van der Waals surface area contributed by atoms with Gasteiger partial charge in [0.1, 0.15) is 6.54 Å². The maximum Gasteiger partial charge on any atom is 0.294 e. The van der Waals surface area contributed by atoms with Gasteiger partial charge in [-0.25, -0.2) is 0 Å². The molecule has 0 saturated carbocycles. The standard InChI is InChI=1S/C28H21Cl2N3O3S2/c1-37-19-7-4-6-18(13-19)31-26(34)16-33-27(35)25(38-28(33)36)12-17-14-32(24-11-3-2-8-20(17)24)15-21-22(29)9-5-10-23(21)30/h2-14H,15-16H2,1H3,(H,31,34)/b25-12-. The van der Waals surface area contributed by atoms with Gasteiger partial charge in [-0.05, 0) is 60.5 Å². The quantitative estimate of drug-likeness (QED) is 0.182. The summed E-state index contributed by atoms with van der Waals surface area (Å²) in [6, 6.07) is 20.5. The number of fused-ring (bicyclic) bond motifs is 1. The SMILES string of the molecule is CSc1cccc(NC(=O)CN2C(=O)S/C(=C\c3cn(Cc4c(Cl)cccc4Cl)c4ccccc34)C2=O)c1. The van der Waals surface area contributed by atoms with Crippen molar-refractivity contribution in [2.45, 2.75) is 11.4 Å². The van der Waals surface area contributed by atoms with Crippen LogP contribution in [0.15, 0.2) is 82.7 Å². The molecule has 4 aromatic rings. The number of carbonyl (C=O) groups is 3. The molecule has 0 spiro atoms. The molecule has 1 fully saturated rings. The third kappa shape index (κ3) is 5.49. The van der Waals surface area contributed by atoms with Gasteiger partial charge >= 0.3 is 0 Å². The van der Waals surface area contributed by atoms with Crippen LogP contribution in [0.25, 0.3) is 17.0 Å². The highest BCUT2D eigenvalue weighted by molar-refractivity contribution is 8.18. The zero-order chi connectivity index (χ0) is 26.8. The number of imide groups is 1. The number of amides is 3. The first-order valence-corrected chi connectivity index (χ1v) is 14.3. The Morgan fingerprint density at radius 2 is 1.76 bits per heavy atom. The van der Waals surface area contributed by atoms with Gasteiger partial charge in [-0.15, -0.1) is 11.8 Å². The van der Waals surface area contributed by atoms with Crippen LogP contribution in [0, 0.1) is 0 Å². The lowest BCUT2D eigenvalue weighted by molar-refractivity contribution is -0.127. The highest BCUT2D eigenvalue weighted by atomic mass is 35.5. The summed E-state index contributed by atoms with van der Waals surface area (Å²) in [7, 11) is 0. The summed E-state index contributed by atoms with van der Waals surface area (Å²) in [6.45, 7) is 0.0739.